The number of carboxylic acids is 1. The second kappa shape index (κ2) is 11.7. The highest BCUT2D eigenvalue weighted by Crippen LogP contribution is 2.31. The molecule has 42 heavy (non-hydrogen) atoms. The lowest BCUT2D eigenvalue weighted by Gasteiger charge is -2.30. The number of anilines is 2. The Kier molecular flexibility index (Phi) is 8.40. The Bertz CT molecular complexity index is 1820. The van der Waals surface area contributed by atoms with Crippen molar-refractivity contribution in [3.63, 3.8) is 0 Å². The van der Waals surface area contributed by atoms with Crippen LogP contribution < -0.4 is 20.8 Å². The largest absolute Gasteiger partial charge is 0.480 e. The van der Waals surface area contributed by atoms with Gasteiger partial charge in [0.25, 0.3) is 17.2 Å². The van der Waals surface area contributed by atoms with Crippen molar-refractivity contribution in [2.45, 2.75) is 26.8 Å². The van der Waals surface area contributed by atoms with Crippen LogP contribution >= 0.6 is 0 Å². The molecule has 0 saturated heterocycles. The molecule has 2 unspecified atom stereocenters. The number of aryl methyl sites for hydroxylation is 4. The minimum absolute atomic E-state index is 0.0308. The van der Waals surface area contributed by atoms with E-state index in [1.165, 1.54) is 25.2 Å². The van der Waals surface area contributed by atoms with Gasteiger partial charge in [-0.3, -0.25) is 18.4 Å². The number of halogens is 2. The van der Waals surface area contributed by atoms with E-state index in [1.54, 1.807) is 26.0 Å². The molecule has 2 aromatic carbocycles. The first-order chi connectivity index (χ1) is 19.7. The number of amides is 1. The molecule has 0 fully saturated rings. The van der Waals surface area contributed by atoms with Crippen molar-refractivity contribution >= 4 is 45.6 Å². The second-order valence-corrected chi connectivity index (χ2v) is 10.6. The summed E-state index contributed by atoms with van der Waals surface area (Å²) in [7, 11) is 1.34. The van der Waals surface area contributed by atoms with Gasteiger partial charge in [0.1, 0.15) is 17.2 Å². The van der Waals surface area contributed by atoms with E-state index in [9.17, 15) is 28.3 Å². The van der Waals surface area contributed by atoms with Crippen LogP contribution in [0.3, 0.4) is 0 Å². The molecule has 11 nitrogen and oxygen atoms in total. The van der Waals surface area contributed by atoms with Gasteiger partial charge in [-0.2, -0.15) is 0 Å². The molecule has 0 aliphatic carbocycles. The zero-order valence-corrected chi connectivity index (χ0v) is 23.8. The van der Waals surface area contributed by atoms with E-state index in [0.29, 0.717) is 11.1 Å². The second-order valence-electron chi connectivity index (χ2n) is 9.74. The Hall–Kier alpha value is -4.69. The van der Waals surface area contributed by atoms with E-state index < -0.39 is 69.3 Å². The van der Waals surface area contributed by atoms with Crippen LogP contribution in [-0.2, 0) is 23.1 Å². The number of aliphatic carboxylic acids is 1. The van der Waals surface area contributed by atoms with E-state index >= 15 is 8.78 Å². The number of hydrogen-bond acceptors (Lipinski definition) is 6. The molecule has 14 heteroatoms. The fourth-order valence-electron chi connectivity index (χ4n) is 4.99. The molecular weight excluding hydrogens is 572 g/mol. The summed E-state index contributed by atoms with van der Waals surface area (Å²) in [5.74, 6) is -4.74. The Morgan fingerprint density at radius 2 is 1.81 bits per heavy atom. The third-order valence-electron chi connectivity index (χ3n) is 6.68. The molecular formula is C28H27F2N5O6S. The van der Waals surface area contributed by atoms with E-state index in [-0.39, 0.29) is 22.7 Å². The number of carboxylic acid groups (broad SMARTS) is 1. The summed E-state index contributed by atoms with van der Waals surface area (Å²) in [6, 6.07) is 6.76. The van der Waals surface area contributed by atoms with Crippen LogP contribution in [-0.4, -0.2) is 47.9 Å². The first kappa shape index (κ1) is 30.3. The number of nitrogen functional groups attached to an aromatic ring is 1. The van der Waals surface area contributed by atoms with E-state index in [4.69, 9.17) is 5.73 Å². The summed E-state index contributed by atoms with van der Waals surface area (Å²) in [6.45, 7) is 4.43. The standard InChI is InChI=1S/C28H27F2N5O6S/c1-13-8-14(2)24(15(3)9-13)35(42(40)41)20(28(38)39)11-32-27(37)17-12-34(4)25-16(26(17)36)10-18(29)22(23(25)30)19-6-5-7-21(31)33-19/h5-10,12,20H,11H2,1-4H3,(H2,31,33)(H,32,37)(H,38,39)(H,40,41). The number of hydrogen-bond donors (Lipinski definition) is 4. The number of pyridine rings is 2. The van der Waals surface area contributed by atoms with Crippen molar-refractivity contribution < 1.29 is 32.2 Å². The van der Waals surface area contributed by atoms with Crippen molar-refractivity contribution in [2.75, 3.05) is 16.6 Å². The monoisotopic (exact) mass is 599 g/mol. The SMILES string of the molecule is Cc1cc(C)c(N(C(CNC(=O)c2cn(C)c3c(F)c(-c4cccc(N)n4)c(F)cc3c2=O)C(=O)O)S(=O)O)c(C)c1. The molecule has 2 atom stereocenters. The first-order valence-corrected chi connectivity index (χ1v) is 13.5. The molecule has 220 valence electrons. The van der Waals surface area contributed by atoms with Gasteiger partial charge in [-0.05, 0) is 50.1 Å². The number of nitrogens with two attached hydrogens (primary N) is 1. The summed E-state index contributed by atoms with van der Waals surface area (Å²) >= 11 is -2.80. The van der Waals surface area contributed by atoms with Gasteiger partial charge < -0.3 is 20.7 Å². The topological polar surface area (TPSA) is 168 Å². The molecule has 0 radical (unpaired) electrons. The lowest BCUT2D eigenvalue weighted by molar-refractivity contribution is -0.138. The van der Waals surface area contributed by atoms with Gasteiger partial charge in [0.05, 0.1) is 34.4 Å². The molecule has 0 aliphatic rings. The highest BCUT2D eigenvalue weighted by Gasteiger charge is 2.33. The van der Waals surface area contributed by atoms with E-state index in [0.717, 1.165) is 26.7 Å². The molecule has 0 spiro atoms. The van der Waals surface area contributed by atoms with Crippen LogP contribution in [0.15, 0.2) is 47.4 Å². The van der Waals surface area contributed by atoms with Crippen LogP contribution in [0.4, 0.5) is 20.3 Å². The average Bonchev–Trinajstić information content (AvgIpc) is 2.88. The maximum atomic E-state index is 15.6. The molecule has 0 aliphatic heterocycles. The van der Waals surface area contributed by atoms with Gasteiger partial charge in [0.2, 0.25) is 5.43 Å². The van der Waals surface area contributed by atoms with Crippen LogP contribution in [0.25, 0.3) is 22.2 Å². The first-order valence-electron chi connectivity index (χ1n) is 12.5. The van der Waals surface area contributed by atoms with Crippen molar-refractivity contribution in [1.29, 1.82) is 0 Å². The van der Waals surface area contributed by atoms with Crippen molar-refractivity contribution in [3.8, 4) is 11.3 Å². The third kappa shape index (κ3) is 5.58. The zero-order valence-electron chi connectivity index (χ0n) is 22.9. The number of fused-ring (bicyclic) bond motifs is 1. The molecule has 4 rings (SSSR count). The number of nitrogens with one attached hydrogen (secondary N) is 1. The maximum Gasteiger partial charge on any atom is 0.329 e. The van der Waals surface area contributed by atoms with Gasteiger partial charge in [-0.15, -0.1) is 0 Å². The Labute approximate surface area is 241 Å². The molecule has 0 bridgehead atoms. The quantitative estimate of drug-likeness (QED) is 0.224. The van der Waals surface area contributed by atoms with Gasteiger partial charge in [0.15, 0.2) is 11.9 Å². The highest BCUT2D eigenvalue weighted by atomic mass is 32.2. The van der Waals surface area contributed by atoms with E-state index in [2.05, 4.69) is 10.3 Å². The molecule has 2 aromatic heterocycles. The molecule has 5 N–H and O–H groups in total. The molecule has 2 heterocycles. The molecule has 0 saturated carbocycles. The van der Waals surface area contributed by atoms with E-state index in [1.807, 2.05) is 6.92 Å². The van der Waals surface area contributed by atoms with Crippen LogP contribution in [0.1, 0.15) is 27.0 Å². The van der Waals surface area contributed by atoms with Gasteiger partial charge in [-0.25, -0.2) is 22.8 Å². The number of carbonyl (C=O) groups excluding carboxylic acids is 1. The number of aromatic nitrogens is 2. The van der Waals surface area contributed by atoms with Gasteiger partial charge >= 0.3 is 5.97 Å². The number of carbonyl (C=O) groups is 2. The fraction of sp³-hybridized carbons (Fsp3) is 0.214. The van der Waals surface area contributed by atoms with Crippen LogP contribution in [0, 0.1) is 32.4 Å². The molecule has 1 amide bonds. The predicted octanol–water partition coefficient (Wildman–Crippen LogP) is 3.21. The van der Waals surface area contributed by atoms with Crippen molar-refractivity contribution in [3.05, 3.63) is 86.7 Å². The third-order valence-corrected chi connectivity index (χ3v) is 7.45. The summed E-state index contributed by atoms with van der Waals surface area (Å²) in [5, 5.41) is 11.8. The normalized spacial score (nSPS) is 12.6. The Balaban J connectivity index is 1.72. The molecule has 4 aromatic rings. The zero-order chi connectivity index (χ0) is 31.0. The van der Waals surface area contributed by atoms with Crippen LogP contribution in [0.2, 0.25) is 0 Å². The highest BCUT2D eigenvalue weighted by molar-refractivity contribution is 7.80. The smallest absolute Gasteiger partial charge is 0.329 e. The predicted molar refractivity (Wildman–Crippen MR) is 154 cm³/mol. The van der Waals surface area contributed by atoms with Gasteiger partial charge in [-0.1, -0.05) is 23.8 Å². The number of benzene rings is 2. The summed E-state index contributed by atoms with van der Waals surface area (Å²) in [4.78, 5) is 42.5. The average molecular weight is 600 g/mol. The number of rotatable bonds is 8. The maximum absolute atomic E-state index is 15.6. The summed E-state index contributed by atoms with van der Waals surface area (Å²) < 4.78 is 54.9. The minimum Gasteiger partial charge on any atom is -0.480 e. The Morgan fingerprint density at radius 3 is 2.38 bits per heavy atom. The van der Waals surface area contributed by atoms with Gasteiger partial charge in [0, 0.05) is 13.2 Å². The Morgan fingerprint density at radius 1 is 1.17 bits per heavy atom. The fourth-order valence-corrected chi connectivity index (χ4v) is 5.82. The summed E-state index contributed by atoms with van der Waals surface area (Å²) in [6.07, 6.45) is 1.03. The minimum atomic E-state index is -2.80. The summed E-state index contributed by atoms with van der Waals surface area (Å²) in [5.41, 5.74) is 5.33. The van der Waals surface area contributed by atoms with Crippen molar-refractivity contribution in [2.24, 2.45) is 7.05 Å². The number of nitrogens with zero attached hydrogens (tertiary/aromatic N) is 3. The lowest BCUT2D eigenvalue weighted by atomic mass is 10.0. The van der Waals surface area contributed by atoms with Crippen LogP contribution in [0.5, 0.6) is 0 Å². The van der Waals surface area contributed by atoms with Crippen molar-refractivity contribution in [1.82, 2.24) is 14.9 Å². The lowest BCUT2D eigenvalue weighted by Crippen LogP contribution is -2.50.